The van der Waals surface area contributed by atoms with Crippen LogP contribution >= 0.6 is 21.0 Å². The highest BCUT2D eigenvalue weighted by atomic mass is 127. The van der Waals surface area contributed by atoms with E-state index >= 15 is 0 Å². The van der Waals surface area contributed by atoms with Gasteiger partial charge in [-0.15, -0.1) is 0 Å². The molecule has 1 aliphatic heterocycles. The second-order valence-corrected chi connectivity index (χ2v) is 2.57. The first-order chi connectivity index (χ1) is 3.00. The fourth-order valence-corrected chi connectivity index (χ4v) is 0.982. The van der Waals surface area contributed by atoms with Crippen molar-refractivity contribution in [1.82, 2.24) is 0 Å². The highest BCUT2D eigenvalue weighted by molar-refractivity contribution is 14.2. The standard InChI is InChI=1S/C3H3IN2/c1-2-5-3-6-4-1/h1-3H. The molecule has 0 bridgehead atoms. The molecule has 1 aliphatic rings. The maximum absolute atomic E-state index is 3.91. The van der Waals surface area contributed by atoms with Crippen molar-refractivity contribution < 1.29 is 0 Å². The number of hydrogen-bond acceptors (Lipinski definition) is 2. The fraction of sp³-hybridized carbons (Fsp3) is 0. The second-order valence-electron chi connectivity index (χ2n) is 0.735. The van der Waals surface area contributed by atoms with Gasteiger partial charge in [-0.1, -0.05) is 0 Å². The van der Waals surface area contributed by atoms with E-state index in [0.29, 0.717) is 0 Å². The van der Waals surface area contributed by atoms with Gasteiger partial charge in [0.15, 0.2) is 0 Å². The molecule has 2 nitrogen and oxygen atoms in total. The van der Waals surface area contributed by atoms with Gasteiger partial charge in [0.05, 0.1) is 0 Å². The molecular formula is C3H3IN2. The summed E-state index contributed by atoms with van der Waals surface area (Å²) in [6.45, 7) is 0. The smallest absolute Gasteiger partial charge is 0.121 e. The maximum atomic E-state index is 3.91. The molecule has 0 aromatic rings. The molecule has 0 aliphatic carbocycles. The highest BCUT2D eigenvalue weighted by Gasteiger charge is 1.67. The highest BCUT2D eigenvalue weighted by Crippen LogP contribution is 2.03. The van der Waals surface area contributed by atoms with Gasteiger partial charge in [0.2, 0.25) is 0 Å². The van der Waals surface area contributed by atoms with E-state index in [9.17, 15) is 0 Å². The number of rotatable bonds is 0. The van der Waals surface area contributed by atoms with E-state index in [2.05, 4.69) is 8.14 Å². The Labute approximate surface area is 46.1 Å². The minimum Gasteiger partial charge on any atom is -0.244 e. The van der Waals surface area contributed by atoms with Crippen molar-refractivity contribution in [3.8, 4) is 0 Å². The lowest BCUT2D eigenvalue weighted by molar-refractivity contribution is 1.58. The zero-order valence-electron chi connectivity index (χ0n) is 3.00. The summed E-state index contributed by atoms with van der Waals surface area (Å²) < 4.78 is 5.92. The van der Waals surface area contributed by atoms with E-state index in [0.717, 1.165) is 0 Å². The van der Waals surface area contributed by atoms with Crippen molar-refractivity contribution in [2.45, 2.75) is 0 Å². The lowest BCUT2D eigenvalue weighted by Crippen LogP contribution is -1.57. The van der Waals surface area contributed by atoms with Gasteiger partial charge in [0.1, 0.15) is 6.34 Å². The third-order valence-corrected chi connectivity index (χ3v) is 1.58. The van der Waals surface area contributed by atoms with E-state index in [4.69, 9.17) is 0 Å². The van der Waals surface area contributed by atoms with Crippen LogP contribution in [0.4, 0.5) is 0 Å². The molecule has 0 atom stereocenters. The summed E-state index contributed by atoms with van der Waals surface area (Å²) >= 11 is 0.00986. The van der Waals surface area contributed by atoms with Gasteiger partial charge in [0.25, 0.3) is 0 Å². The Hall–Kier alpha value is -0.0600. The molecule has 0 spiro atoms. The first-order valence-electron chi connectivity index (χ1n) is 1.50. The van der Waals surface area contributed by atoms with E-state index in [1.54, 1.807) is 12.5 Å². The number of aliphatic imine (C=N–C) groups is 1. The lowest BCUT2D eigenvalue weighted by Gasteiger charge is -1.76. The first-order valence-corrected chi connectivity index (χ1v) is 3.71. The molecule has 0 N–H and O–H groups in total. The van der Waals surface area contributed by atoms with Crippen molar-refractivity contribution in [2.24, 2.45) is 8.14 Å². The molecule has 0 aromatic heterocycles. The molecular weight excluding hydrogens is 191 g/mol. The summed E-state index contributed by atoms with van der Waals surface area (Å²) in [5, 5.41) is 0. The van der Waals surface area contributed by atoms with Crippen LogP contribution in [0.1, 0.15) is 0 Å². The van der Waals surface area contributed by atoms with Gasteiger partial charge >= 0.3 is 0 Å². The molecule has 0 unspecified atom stereocenters. The Morgan fingerprint density at radius 2 is 2.50 bits per heavy atom. The van der Waals surface area contributed by atoms with Crippen LogP contribution in [-0.2, 0) is 0 Å². The summed E-state index contributed by atoms with van der Waals surface area (Å²) in [4.78, 5) is 3.73. The fourth-order valence-electron chi connectivity index (χ4n) is 0.179. The molecule has 0 amide bonds. The van der Waals surface area contributed by atoms with E-state index < -0.39 is 0 Å². The quantitative estimate of drug-likeness (QED) is 0.523. The SMILES string of the molecule is C1=CI=NC=N1. The van der Waals surface area contributed by atoms with Crippen molar-refractivity contribution in [3.63, 3.8) is 0 Å². The van der Waals surface area contributed by atoms with Crippen molar-refractivity contribution in [1.29, 1.82) is 0 Å². The number of hydrogen-bond donors (Lipinski definition) is 0. The van der Waals surface area contributed by atoms with Crippen molar-refractivity contribution in [2.75, 3.05) is 0 Å². The topological polar surface area (TPSA) is 24.7 Å². The Kier molecular flexibility index (Phi) is 1.49. The van der Waals surface area contributed by atoms with Gasteiger partial charge in [-0.05, 0) is 0 Å². The predicted molar refractivity (Wildman–Crippen MR) is 34.1 cm³/mol. The Morgan fingerprint density at radius 3 is 2.67 bits per heavy atom. The molecule has 0 fully saturated rings. The van der Waals surface area contributed by atoms with Crippen LogP contribution in [0, 0.1) is 0 Å². The average Bonchev–Trinajstić information content (AvgIpc) is 1.72. The van der Waals surface area contributed by atoms with E-state index in [1.807, 2.05) is 4.08 Å². The van der Waals surface area contributed by atoms with Crippen LogP contribution in [-0.4, -0.2) is 6.34 Å². The van der Waals surface area contributed by atoms with Crippen LogP contribution in [0.15, 0.2) is 18.4 Å². The normalized spacial score (nSPS) is 17.3. The Morgan fingerprint density at radius 1 is 1.50 bits per heavy atom. The van der Waals surface area contributed by atoms with E-state index in [-0.39, 0.29) is 21.0 Å². The van der Waals surface area contributed by atoms with Crippen LogP contribution in [0.5, 0.6) is 0 Å². The molecule has 3 heteroatoms. The van der Waals surface area contributed by atoms with Gasteiger partial charge in [0, 0.05) is 31.3 Å². The third-order valence-electron chi connectivity index (χ3n) is 0.365. The Balaban J connectivity index is 2.77. The predicted octanol–water partition coefficient (Wildman–Crippen LogP) is 1.65. The largest absolute Gasteiger partial charge is 0.244 e. The molecule has 32 valence electrons. The van der Waals surface area contributed by atoms with Crippen LogP contribution in [0.25, 0.3) is 0 Å². The van der Waals surface area contributed by atoms with Gasteiger partial charge < -0.3 is 0 Å². The van der Waals surface area contributed by atoms with Crippen LogP contribution in [0.3, 0.4) is 0 Å². The monoisotopic (exact) mass is 194 g/mol. The zero-order chi connectivity index (χ0) is 4.24. The van der Waals surface area contributed by atoms with Gasteiger partial charge in [-0.3, -0.25) is 0 Å². The molecule has 0 aromatic carbocycles. The van der Waals surface area contributed by atoms with Crippen LogP contribution < -0.4 is 0 Å². The summed E-state index contributed by atoms with van der Waals surface area (Å²) in [6, 6.07) is 0. The van der Waals surface area contributed by atoms with E-state index in [1.165, 1.54) is 0 Å². The molecule has 1 rings (SSSR count). The average molecular weight is 194 g/mol. The summed E-state index contributed by atoms with van der Waals surface area (Å²) in [5.41, 5.74) is 0. The third kappa shape index (κ3) is 0.965. The number of nitrogens with zero attached hydrogens (tertiary/aromatic N) is 2. The summed E-state index contributed by atoms with van der Waals surface area (Å²) in [6.07, 6.45) is 3.40. The minimum atomic E-state index is 0.00986. The molecule has 0 saturated heterocycles. The van der Waals surface area contributed by atoms with Crippen molar-refractivity contribution in [3.05, 3.63) is 10.3 Å². The Bertz CT molecular complexity index is 78.2. The summed E-state index contributed by atoms with van der Waals surface area (Å²) in [5.74, 6) is 0. The van der Waals surface area contributed by atoms with Gasteiger partial charge in [-0.2, -0.15) is 0 Å². The first kappa shape index (κ1) is 4.11. The molecule has 0 radical (unpaired) electrons. The van der Waals surface area contributed by atoms with Crippen LogP contribution in [0.2, 0.25) is 0 Å². The molecule has 0 saturated carbocycles. The number of halogens is 1. The second kappa shape index (κ2) is 2.17. The maximum Gasteiger partial charge on any atom is 0.121 e. The summed E-state index contributed by atoms with van der Waals surface area (Å²) in [7, 11) is 0. The van der Waals surface area contributed by atoms with Gasteiger partial charge in [-0.25, -0.2) is 8.14 Å². The van der Waals surface area contributed by atoms with Crippen molar-refractivity contribution >= 4 is 27.4 Å². The molecule has 6 heavy (non-hydrogen) atoms. The molecule has 1 heterocycles. The zero-order valence-corrected chi connectivity index (χ0v) is 5.16. The minimum absolute atomic E-state index is 0.00986. The lowest BCUT2D eigenvalue weighted by atomic mass is 11.0.